The highest BCUT2D eigenvalue weighted by atomic mass is 16.5. The number of hydrazone groups is 1. The van der Waals surface area contributed by atoms with Gasteiger partial charge in [-0.1, -0.05) is 23.8 Å². The van der Waals surface area contributed by atoms with Crippen LogP contribution in [0.2, 0.25) is 0 Å². The van der Waals surface area contributed by atoms with Crippen molar-refractivity contribution in [3.8, 4) is 11.5 Å². The summed E-state index contributed by atoms with van der Waals surface area (Å²) < 4.78 is 5.25. The van der Waals surface area contributed by atoms with Crippen LogP contribution in [0.5, 0.6) is 11.5 Å². The average Bonchev–Trinajstić information content (AvgIpc) is 2.60. The van der Waals surface area contributed by atoms with Gasteiger partial charge in [0.25, 0.3) is 0 Å². The third-order valence-electron chi connectivity index (χ3n) is 3.22. The number of amides is 2. The quantitative estimate of drug-likeness (QED) is 0.441. The number of nitrogens with zero attached hydrogens (tertiary/aromatic N) is 1. The van der Waals surface area contributed by atoms with Crippen LogP contribution in [0.1, 0.15) is 18.1 Å². The maximum absolute atomic E-state index is 11.8. The third kappa shape index (κ3) is 5.07. The number of aromatic hydroxyl groups is 1. The zero-order valence-corrected chi connectivity index (χ0v) is 13.9. The SMILES string of the molecule is CCOc1cccc(/C=N/NC(=O)C(=O)Nc2ccc(C)cc2)c1O. The van der Waals surface area contributed by atoms with E-state index >= 15 is 0 Å². The van der Waals surface area contributed by atoms with Gasteiger partial charge in [0, 0.05) is 11.3 Å². The van der Waals surface area contributed by atoms with E-state index in [0.717, 1.165) is 5.56 Å². The van der Waals surface area contributed by atoms with Crippen molar-refractivity contribution in [2.75, 3.05) is 11.9 Å². The van der Waals surface area contributed by atoms with Gasteiger partial charge in [-0.3, -0.25) is 9.59 Å². The van der Waals surface area contributed by atoms with Crippen LogP contribution in [-0.4, -0.2) is 29.7 Å². The first-order valence-corrected chi connectivity index (χ1v) is 7.67. The zero-order chi connectivity index (χ0) is 18.2. The van der Waals surface area contributed by atoms with Crippen LogP contribution < -0.4 is 15.5 Å². The Balaban J connectivity index is 1.95. The van der Waals surface area contributed by atoms with Gasteiger partial charge in [-0.05, 0) is 38.1 Å². The standard InChI is InChI=1S/C18H19N3O4/c1-3-25-15-6-4-5-13(16(15)22)11-19-21-18(24)17(23)20-14-9-7-12(2)8-10-14/h4-11,22H,3H2,1-2H3,(H,20,23)(H,21,24)/b19-11+. The molecule has 25 heavy (non-hydrogen) atoms. The minimum Gasteiger partial charge on any atom is -0.504 e. The molecule has 2 aromatic rings. The van der Waals surface area contributed by atoms with E-state index in [1.807, 2.05) is 19.1 Å². The number of phenolic OH excluding ortho intramolecular Hbond substituents is 1. The summed E-state index contributed by atoms with van der Waals surface area (Å²) in [5.74, 6) is -1.54. The second-order valence-corrected chi connectivity index (χ2v) is 5.15. The highest BCUT2D eigenvalue weighted by Gasteiger charge is 2.13. The van der Waals surface area contributed by atoms with Crippen molar-refractivity contribution in [1.82, 2.24) is 5.43 Å². The fourth-order valence-corrected chi connectivity index (χ4v) is 1.95. The van der Waals surface area contributed by atoms with Gasteiger partial charge in [-0.2, -0.15) is 5.10 Å². The van der Waals surface area contributed by atoms with Gasteiger partial charge in [0.1, 0.15) is 0 Å². The number of carbonyl (C=O) groups is 2. The Morgan fingerprint density at radius 1 is 1.16 bits per heavy atom. The molecule has 0 bridgehead atoms. The molecule has 0 saturated heterocycles. The summed E-state index contributed by atoms with van der Waals surface area (Å²) in [6.45, 7) is 4.13. The maximum atomic E-state index is 11.8. The first-order chi connectivity index (χ1) is 12.0. The fourth-order valence-electron chi connectivity index (χ4n) is 1.95. The molecule has 0 radical (unpaired) electrons. The maximum Gasteiger partial charge on any atom is 0.329 e. The predicted molar refractivity (Wildman–Crippen MR) is 94.8 cm³/mol. The average molecular weight is 341 g/mol. The van der Waals surface area contributed by atoms with Crippen molar-refractivity contribution in [2.24, 2.45) is 5.10 Å². The van der Waals surface area contributed by atoms with E-state index in [1.165, 1.54) is 6.21 Å². The normalized spacial score (nSPS) is 10.5. The minimum absolute atomic E-state index is 0.0912. The first-order valence-electron chi connectivity index (χ1n) is 7.67. The van der Waals surface area contributed by atoms with Crippen molar-refractivity contribution >= 4 is 23.7 Å². The Morgan fingerprint density at radius 2 is 1.88 bits per heavy atom. The van der Waals surface area contributed by atoms with E-state index in [2.05, 4.69) is 15.8 Å². The molecule has 130 valence electrons. The van der Waals surface area contributed by atoms with Crippen molar-refractivity contribution in [3.05, 3.63) is 53.6 Å². The molecule has 0 spiro atoms. The highest BCUT2D eigenvalue weighted by molar-refractivity contribution is 6.39. The van der Waals surface area contributed by atoms with Gasteiger partial charge in [-0.15, -0.1) is 0 Å². The van der Waals surface area contributed by atoms with Crippen LogP contribution in [-0.2, 0) is 9.59 Å². The van der Waals surface area contributed by atoms with E-state index < -0.39 is 11.8 Å². The molecule has 2 amide bonds. The van der Waals surface area contributed by atoms with Gasteiger partial charge >= 0.3 is 11.8 Å². The molecule has 0 aliphatic rings. The number of phenols is 1. The van der Waals surface area contributed by atoms with E-state index in [9.17, 15) is 14.7 Å². The summed E-state index contributed by atoms with van der Waals surface area (Å²) >= 11 is 0. The first kappa shape index (κ1) is 18.0. The Hall–Kier alpha value is -3.35. The monoisotopic (exact) mass is 341 g/mol. The summed E-state index contributed by atoms with van der Waals surface area (Å²) in [6, 6.07) is 11.9. The number of hydrogen-bond acceptors (Lipinski definition) is 5. The van der Waals surface area contributed by atoms with Gasteiger partial charge in [0.15, 0.2) is 11.5 Å². The summed E-state index contributed by atoms with van der Waals surface area (Å²) in [7, 11) is 0. The van der Waals surface area contributed by atoms with Crippen molar-refractivity contribution in [1.29, 1.82) is 0 Å². The molecule has 0 unspecified atom stereocenters. The van der Waals surface area contributed by atoms with Crippen LogP contribution >= 0.6 is 0 Å². The van der Waals surface area contributed by atoms with Gasteiger partial charge in [0.05, 0.1) is 12.8 Å². The number of ether oxygens (including phenoxy) is 1. The summed E-state index contributed by atoms with van der Waals surface area (Å²) in [4.78, 5) is 23.5. The molecule has 0 aromatic heterocycles. The lowest BCUT2D eigenvalue weighted by molar-refractivity contribution is -0.136. The molecule has 2 aromatic carbocycles. The number of nitrogens with one attached hydrogen (secondary N) is 2. The number of hydrogen-bond donors (Lipinski definition) is 3. The minimum atomic E-state index is -0.919. The Bertz CT molecular complexity index is 785. The number of anilines is 1. The Kier molecular flexibility index (Phi) is 6.11. The molecule has 3 N–H and O–H groups in total. The van der Waals surface area contributed by atoms with Crippen LogP contribution in [0, 0.1) is 6.92 Å². The van der Waals surface area contributed by atoms with Crippen LogP contribution in [0.15, 0.2) is 47.6 Å². The predicted octanol–water partition coefficient (Wildman–Crippen LogP) is 2.19. The number of aryl methyl sites for hydroxylation is 1. The Labute approximate surface area is 145 Å². The molecule has 0 heterocycles. The molecular weight excluding hydrogens is 322 g/mol. The largest absolute Gasteiger partial charge is 0.504 e. The van der Waals surface area contributed by atoms with Gasteiger partial charge < -0.3 is 15.2 Å². The lowest BCUT2D eigenvalue weighted by Gasteiger charge is -2.07. The van der Waals surface area contributed by atoms with Crippen molar-refractivity contribution < 1.29 is 19.4 Å². The molecule has 7 nitrogen and oxygen atoms in total. The molecule has 0 saturated carbocycles. The zero-order valence-electron chi connectivity index (χ0n) is 13.9. The topological polar surface area (TPSA) is 100 Å². The molecule has 0 aliphatic heterocycles. The highest BCUT2D eigenvalue weighted by Crippen LogP contribution is 2.28. The second-order valence-electron chi connectivity index (χ2n) is 5.15. The van der Waals surface area contributed by atoms with E-state index in [-0.39, 0.29) is 5.75 Å². The van der Waals surface area contributed by atoms with Gasteiger partial charge in [0.2, 0.25) is 0 Å². The molecule has 2 rings (SSSR count). The smallest absolute Gasteiger partial charge is 0.329 e. The molecule has 7 heteroatoms. The van der Waals surface area contributed by atoms with Crippen molar-refractivity contribution in [2.45, 2.75) is 13.8 Å². The number of rotatable bonds is 5. The lowest BCUT2D eigenvalue weighted by atomic mass is 10.2. The molecular formula is C18H19N3O4. The Morgan fingerprint density at radius 3 is 2.56 bits per heavy atom. The van der Waals surface area contributed by atoms with Crippen LogP contribution in [0.4, 0.5) is 5.69 Å². The second kappa shape index (κ2) is 8.49. The van der Waals surface area contributed by atoms with Crippen LogP contribution in [0.3, 0.4) is 0 Å². The molecule has 0 atom stereocenters. The third-order valence-corrected chi connectivity index (χ3v) is 3.22. The molecule has 0 aliphatic carbocycles. The van der Waals surface area contributed by atoms with Gasteiger partial charge in [-0.25, -0.2) is 5.43 Å². The van der Waals surface area contributed by atoms with Crippen LogP contribution in [0.25, 0.3) is 0 Å². The summed E-state index contributed by atoms with van der Waals surface area (Å²) in [5, 5.41) is 16.1. The summed E-state index contributed by atoms with van der Waals surface area (Å²) in [5.41, 5.74) is 4.01. The molecule has 0 fully saturated rings. The fraction of sp³-hybridized carbons (Fsp3) is 0.167. The van der Waals surface area contributed by atoms with E-state index in [1.54, 1.807) is 37.3 Å². The van der Waals surface area contributed by atoms with E-state index in [4.69, 9.17) is 4.74 Å². The summed E-state index contributed by atoms with van der Waals surface area (Å²) in [6.07, 6.45) is 1.23. The number of para-hydroxylation sites is 1. The number of carbonyl (C=O) groups excluding carboxylic acids is 2. The lowest BCUT2D eigenvalue weighted by Crippen LogP contribution is -2.32. The van der Waals surface area contributed by atoms with Crippen molar-refractivity contribution in [3.63, 3.8) is 0 Å². The number of benzene rings is 2. The van der Waals surface area contributed by atoms with E-state index in [0.29, 0.717) is 23.6 Å².